The number of hydrogen-bond acceptors (Lipinski definition) is 2. The summed E-state index contributed by atoms with van der Waals surface area (Å²) in [5.41, 5.74) is 5.59. The van der Waals surface area contributed by atoms with Gasteiger partial charge < -0.3 is 10.5 Å². The molecule has 1 aromatic rings. The van der Waals surface area contributed by atoms with E-state index in [0.29, 0.717) is 0 Å². The monoisotopic (exact) mass is 187 g/mol. The van der Waals surface area contributed by atoms with Crippen LogP contribution in [-0.4, -0.2) is 7.11 Å². The Hall–Kier alpha value is -1.00. The fraction of sp³-hybridized carbons (Fsp3) is 0.333. The third-order valence-corrected chi connectivity index (χ3v) is 1.76. The first-order chi connectivity index (χ1) is 6.20. The molecule has 0 aliphatic rings. The molecule has 1 rings (SSSR count). The highest BCUT2D eigenvalue weighted by molar-refractivity contribution is 5.25. The lowest BCUT2D eigenvalue weighted by atomic mass is 10.1. The van der Waals surface area contributed by atoms with Crippen molar-refractivity contribution >= 4 is 0 Å². The van der Waals surface area contributed by atoms with Crippen LogP contribution in [0.4, 0.5) is 8.78 Å². The topological polar surface area (TPSA) is 35.2 Å². The van der Waals surface area contributed by atoms with Gasteiger partial charge in [-0.1, -0.05) is 12.1 Å². The van der Waals surface area contributed by atoms with Crippen molar-refractivity contribution in [3.05, 3.63) is 34.9 Å². The molecule has 0 unspecified atom stereocenters. The van der Waals surface area contributed by atoms with Crippen molar-refractivity contribution in [2.24, 2.45) is 5.73 Å². The lowest BCUT2D eigenvalue weighted by molar-refractivity contribution is 0.180. The van der Waals surface area contributed by atoms with Gasteiger partial charge in [0.15, 0.2) is 11.6 Å². The summed E-state index contributed by atoms with van der Waals surface area (Å²) in [5, 5.41) is 0. The minimum absolute atomic E-state index is 0.00395. The van der Waals surface area contributed by atoms with Crippen molar-refractivity contribution < 1.29 is 13.5 Å². The van der Waals surface area contributed by atoms with Gasteiger partial charge in [-0.05, 0) is 0 Å². The Morgan fingerprint density at radius 2 is 1.77 bits per heavy atom. The van der Waals surface area contributed by atoms with Crippen LogP contribution in [0.25, 0.3) is 0 Å². The molecule has 0 bridgehead atoms. The van der Waals surface area contributed by atoms with Crippen molar-refractivity contribution in [2.75, 3.05) is 7.11 Å². The first kappa shape index (κ1) is 10.1. The molecule has 72 valence electrons. The minimum Gasteiger partial charge on any atom is -0.380 e. The Bertz CT molecular complexity index is 302. The zero-order chi connectivity index (χ0) is 9.84. The molecule has 0 aromatic heterocycles. The van der Waals surface area contributed by atoms with Gasteiger partial charge in [0.25, 0.3) is 0 Å². The highest BCUT2D eigenvalue weighted by Crippen LogP contribution is 2.16. The van der Waals surface area contributed by atoms with E-state index >= 15 is 0 Å². The molecule has 1 aromatic carbocycles. The lowest BCUT2D eigenvalue weighted by Crippen LogP contribution is -2.04. The summed E-state index contributed by atoms with van der Waals surface area (Å²) in [7, 11) is 1.42. The number of nitrogens with two attached hydrogens (primary N) is 1. The third-order valence-electron chi connectivity index (χ3n) is 1.76. The van der Waals surface area contributed by atoms with Gasteiger partial charge in [0.05, 0.1) is 6.61 Å². The predicted octanol–water partition coefficient (Wildman–Crippen LogP) is 1.57. The van der Waals surface area contributed by atoms with Crippen LogP contribution in [0.1, 0.15) is 11.1 Å². The minimum atomic E-state index is -0.878. The summed E-state index contributed by atoms with van der Waals surface area (Å²) >= 11 is 0. The van der Waals surface area contributed by atoms with E-state index < -0.39 is 11.6 Å². The second kappa shape index (κ2) is 4.30. The molecule has 0 fully saturated rings. The van der Waals surface area contributed by atoms with Gasteiger partial charge in [-0.15, -0.1) is 0 Å². The van der Waals surface area contributed by atoms with E-state index in [1.807, 2.05) is 0 Å². The highest BCUT2D eigenvalue weighted by Gasteiger charge is 2.11. The molecule has 2 nitrogen and oxygen atoms in total. The average Bonchev–Trinajstić information content (AvgIpc) is 2.14. The summed E-state index contributed by atoms with van der Waals surface area (Å²) in [5.74, 6) is -1.75. The zero-order valence-electron chi connectivity index (χ0n) is 7.31. The second-order valence-electron chi connectivity index (χ2n) is 2.65. The fourth-order valence-electron chi connectivity index (χ4n) is 1.05. The maximum atomic E-state index is 13.1. The van der Waals surface area contributed by atoms with Crippen LogP contribution in [0.2, 0.25) is 0 Å². The van der Waals surface area contributed by atoms with E-state index in [0.717, 1.165) is 0 Å². The molecule has 0 heterocycles. The van der Waals surface area contributed by atoms with E-state index in [9.17, 15) is 8.78 Å². The summed E-state index contributed by atoms with van der Waals surface area (Å²) in [6, 6.07) is 2.94. The van der Waals surface area contributed by atoms with E-state index in [4.69, 9.17) is 10.5 Å². The highest BCUT2D eigenvalue weighted by atomic mass is 19.2. The summed E-state index contributed by atoms with van der Waals surface area (Å²) in [4.78, 5) is 0. The van der Waals surface area contributed by atoms with E-state index in [1.54, 1.807) is 0 Å². The van der Waals surface area contributed by atoms with Gasteiger partial charge >= 0.3 is 0 Å². The van der Waals surface area contributed by atoms with Gasteiger partial charge in [0.1, 0.15) is 0 Å². The smallest absolute Gasteiger partial charge is 0.164 e. The van der Waals surface area contributed by atoms with Crippen LogP contribution in [-0.2, 0) is 17.9 Å². The molecule has 0 saturated heterocycles. The summed E-state index contributed by atoms with van der Waals surface area (Å²) < 4.78 is 30.9. The zero-order valence-corrected chi connectivity index (χ0v) is 7.31. The van der Waals surface area contributed by atoms with E-state index in [-0.39, 0.29) is 24.3 Å². The van der Waals surface area contributed by atoms with Gasteiger partial charge in [0.2, 0.25) is 0 Å². The Morgan fingerprint density at radius 1 is 1.23 bits per heavy atom. The predicted molar refractivity (Wildman–Crippen MR) is 45.0 cm³/mol. The van der Waals surface area contributed by atoms with E-state index in [2.05, 4.69) is 0 Å². The van der Waals surface area contributed by atoms with Crippen LogP contribution < -0.4 is 5.73 Å². The molecule has 0 atom stereocenters. The molecule has 0 aliphatic carbocycles. The van der Waals surface area contributed by atoms with Crippen molar-refractivity contribution in [2.45, 2.75) is 13.2 Å². The fourth-order valence-corrected chi connectivity index (χ4v) is 1.05. The van der Waals surface area contributed by atoms with Gasteiger partial charge in [0, 0.05) is 24.8 Å². The number of halogens is 2. The molecule has 13 heavy (non-hydrogen) atoms. The Balaban J connectivity index is 3.07. The van der Waals surface area contributed by atoms with Crippen LogP contribution in [0.15, 0.2) is 12.1 Å². The largest absolute Gasteiger partial charge is 0.380 e. The maximum absolute atomic E-state index is 13.1. The first-order valence-corrected chi connectivity index (χ1v) is 3.85. The number of methoxy groups -OCH3 is 1. The molecular weight excluding hydrogens is 176 g/mol. The van der Waals surface area contributed by atoms with Crippen molar-refractivity contribution in [1.82, 2.24) is 0 Å². The first-order valence-electron chi connectivity index (χ1n) is 3.85. The van der Waals surface area contributed by atoms with Gasteiger partial charge in [-0.2, -0.15) is 0 Å². The number of hydrogen-bond donors (Lipinski definition) is 1. The van der Waals surface area contributed by atoms with Crippen molar-refractivity contribution in [3.63, 3.8) is 0 Å². The van der Waals surface area contributed by atoms with E-state index in [1.165, 1.54) is 19.2 Å². The van der Waals surface area contributed by atoms with Gasteiger partial charge in [-0.3, -0.25) is 0 Å². The Morgan fingerprint density at radius 3 is 2.31 bits per heavy atom. The number of benzene rings is 1. The van der Waals surface area contributed by atoms with Crippen LogP contribution in [0.3, 0.4) is 0 Å². The van der Waals surface area contributed by atoms with Crippen LogP contribution in [0.5, 0.6) is 0 Å². The third kappa shape index (κ3) is 2.02. The quantitative estimate of drug-likeness (QED) is 0.779. The van der Waals surface area contributed by atoms with Crippen molar-refractivity contribution in [1.29, 1.82) is 0 Å². The molecule has 0 spiro atoms. The molecular formula is C9H11F2NO. The Kier molecular flexibility index (Phi) is 3.33. The number of rotatable bonds is 3. The lowest BCUT2D eigenvalue weighted by Gasteiger charge is -2.05. The Labute approximate surface area is 75.3 Å². The SMILES string of the molecule is COCc1ccc(CN)c(F)c1F. The van der Waals surface area contributed by atoms with Crippen LogP contribution >= 0.6 is 0 Å². The molecule has 0 amide bonds. The number of ether oxygens (including phenoxy) is 1. The molecule has 4 heteroatoms. The normalized spacial score (nSPS) is 10.5. The molecule has 2 N–H and O–H groups in total. The summed E-state index contributed by atoms with van der Waals surface area (Å²) in [6.45, 7) is 0.0591. The maximum Gasteiger partial charge on any atom is 0.164 e. The standard InChI is InChI=1S/C9H11F2NO/c1-13-5-7-3-2-6(4-12)8(10)9(7)11/h2-3H,4-5,12H2,1H3. The molecule has 0 saturated carbocycles. The molecule has 0 radical (unpaired) electrons. The average molecular weight is 187 g/mol. The molecule has 0 aliphatic heterocycles. The van der Waals surface area contributed by atoms with Gasteiger partial charge in [-0.25, -0.2) is 8.78 Å². The van der Waals surface area contributed by atoms with Crippen LogP contribution in [0, 0.1) is 11.6 Å². The second-order valence-corrected chi connectivity index (χ2v) is 2.65. The van der Waals surface area contributed by atoms with Crippen molar-refractivity contribution in [3.8, 4) is 0 Å². The summed E-state index contributed by atoms with van der Waals surface area (Å²) in [6.07, 6.45) is 0.